The Kier molecular flexibility index (Phi) is 14.8. The van der Waals surface area contributed by atoms with Gasteiger partial charge in [0, 0.05) is 23.3 Å². The van der Waals surface area contributed by atoms with Crippen molar-refractivity contribution in [1.29, 1.82) is 0 Å². The monoisotopic (exact) mass is 474 g/mol. The highest BCUT2D eigenvalue weighted by molar-refractivity contribution is 5.88. The van der Waals surface area contributed by atoms with Crippen LogP contribution in [-0.4, -0.2) is 29.6 Å². The van der Waals surface area contributed by atoms with Gasteiger partial charge in [-0.3, -0.25) is 0 Å². The lowest BCUT2D eigenvalue weighted by molar-refractivity contribution is -0.139. The van der Waals surface area contributed by atoms with Crippen LogP contribution in [0, 0.1) is 0 Å². The summed E-state index contributed by atoms with van der Waals surface area (Å²) in [6.07, 6.45) is 14.0. The molecule has 0 fully saturated rings. The van der Waals surface area contributed by atoms with Gasteiger partial charge in [0.15, 0.2) is 0 Å². The van der Waals surface area contributed by atoms with Crippen LogP contribution >= 0.6 is 0 Å². The van der Waals surface area contributed by atoms with Crippen molar-refractivity contribution in [3.8, 4) is 5.75 Å². The molecule has 0 heterocycles. The standard InChI is InChI=1S/C27H38O7/c1-4-7-8-9-10-11-12-13-14-15-16-32-26-22(19-33-24(28)5-2)17-21(27(30)31)18-23(26)20-34-25(29)6-3/h5-6,17-18H,2-4,7-16,19-20H2,1H3,(H,30,31). The van der Waals surface area contributed by atoms with Gasteiger partial charge >= 0.3 is 17.9 Å². The van der Waals surface area contributed by atoms with Crippen molar-refractivity contribution in [2.45, 2.75) is 84.3 Å². The summed E-state index contributed by atoms with van der Waals surface area (Å²) in [6.45, 7) is 8.96. The van der Waals surface area contributed by atoms with Crippen LogP contribution in [0.5, 0.6) is 5.75 Å². The normalized spacial score (nSPS) is 10.4. The van der Waals surface area contributed by atoms with E-state index in [-0.39, 0.29) is 18.8 Å². The average Bonchev–Trinajstić information content (AvgIpc) is 2.84. The van der Waals surface area contributed by atoms with Gasteiger partial charge in [0.2, 0.25) is 0 Å². The van der Waals surface area contributed by atoms with Crippen LogP contribution in [0.1, 0.15) is 92.6 Å². The largest absolute Gasteiger partial charge is 0.493 e. The first-order valence-electron chi connectivity index (χ1n) is 12.0. The molecule has 0 unspecified atom stereocenters. The molecule has 0 atom stereocenters. The summed E-state index contributed by atoms with van der Waals surface area (Å²) in [5, 5.41) is 9.46. The first-order valence-corrected chi connectivity index (χ1v) is 12.0. The van der Waals surface area contributed by atoms with Crippen molar-refractivity contribution in [2.75, 3.05) is 6.61 Å². The van der Waals surface area contributed by atoms with E-state index in [9.17, 15) is 19.5 Å². The van der Waals surface area contributed by atoms with Crippen molar-refractivity contribution in [2.24, 2.45) is 0 Å². The zero-order valence-electron chi connectivity index (χ0n) is 20.3. The average molecular weight is 475 g/mol. The Morgan fingerprint density at radius 2 is 1.24 bits per heavy atom. The van der Waals surface area contributed by atoms with Gasteiger partial charge in [-0.1, -0.05) is 77.9 Å². The molecule has 0 saturated carbocycles. The van der Waals surface area contributed by atoms with Gasteiger partial charge in [0.25, 0.3) is 0 Å². The molecule has 0 aromatic heterocycles. The Hall–Kier alpha value is -3.09. The summed E-state index contributed by atoms with van der Waals surface area (Å²) in [6, 6.07) is 2.79. The zero-order valence-corrected chi connectivity index (χ0v) is 20.3. The fourth-order valence-electron chi connectivity index (χ4n) is 3.46. The molecule has 7 heteroatoms. The Labute approximate surface area is 202 Å². The molecule has 0 aliphatic rings. The highest BCUT2D eigenvalue weighted by Crippen LogP contribution is 2.29. The van der Waals surface area contributed by atoms with Crippen LogP contribution in [0.15, 0.2) is 37.4 Å². The number of hydrogen-bond acceptors (Lipinski definition) is 6. The minimum absolute atomic E-state index is 0.0272. The number of benzene rings is 1. The van der Waals surface area contributed by atoms with Gasteiger partial charge in [-0.2, -0.15) is 0 Å². The highest BCUT2D eigenvalue weighted by Gasteiger charge is 2.18. The smallest absolute Gasteiger partial charge is 0.335 e. The summed E-state index contributed by atoms with van der Waals surface area (Å²) in [4.78, 5) is 34.6. The second-order valence-electron chi connectivity index (χ2n) is 8.08. The number of ether oxygens (including phenoxy) is 3. The lowest BCUT2D eigenvalue weighted by Crippen LogP contribution is -2.11. The summed E-state index contributed by atoms with van der Waals surface area (Å²) in [7, 11) is 0. The van der Waals surface area contributed by atoms with Gasteiger partial charge in [-0.15, -0.1) is 0 Å². The quantitative estimate of drug-likeness (QED) is 0.146. The van der Waals surface area contributed by atoms with Crippen LogP contribution in [0.3, 0.4) is 0 Å². The number of esters is 2. The lowest BCUT2D eigenvalue weighted by Gasteiger charge is -2.17. The third-order valence-electron chi connectivity index (χ3n) is 5.31. The maximum atomic E-state index is 11.6. The maximum Gasteiger partial charge on any atom is 0.335 e. The molecule has 0 saturated heterocycles. The molecule has 0 bridgehead atoms. The summed E-state index contributed by atoms with van der Waals surface area (Å²) in [5.41, 5.74) is 0.735. The van der Waals surface area contributed by atoms with E-state index in [4.69, 9.17) is 14.2 Å². The predicted molar refractivity (Wildman–Crippen MR) is 131 cm³/mol. The van der Waals surface area contributed by atoms with E-state index >= 15 is 0 Å². The van der Waals surface area contributed by atoms with E-state index in [0.717, 1.165) is 31.4 Å². The molecule has 1 rings (SSSR count). The first-order chi connectivity index (χ1) is 16.4. The van der Waals surface area contributed by atoms with Gasteiger partial charge in [-0.05, 0) is 18.6 Å². The number of carboxylic acid groups (broad SMARTS) is 1. The van der Waals surface area contributed by atoms with E-state index in [1.54, 1.807) is 0 Å². The Bertz CT molecular complexity index is 768. The molecule has 0 amide bonds. The molecule has 1 N–H and O–H groups in total. The van der Waals surface area contributed by atoms with Crippen LogP contribution in [-0.2, 0) is 32.3 Å². The van der Waals surface area contributed by atoms with Crippen LogP contribution in [0.2, 0.25) is 0 Å². The Morgan fingerprint density at radius 3 is 1.65 bits per heavy atom. The summed E-state index contributed by atoms with van der Waals surface area (Å²) in [5.74, 6) is -2.08. The van der Waals surface area contributed by atoms with Crippen molar-refractivity contribution in [3.05, 3.63) is 54.1 Å². The van der Waals surface area contributed by atoms with Crippen molar-refractivity contribution in [3.63, 3.8) is 0 Å². The zero-order chi connectivity index (χ0) is 25.2. The van der Waals surface area contributed by atoms with Gasteiger partial charge < -0.3 is 19.3 Å². The number of aromatic carboxylic acids is 1. The SMILES string of the molecule is C=CC(=O)OCc1cc(C(=O)O)cc(COC(=O)C=C)c1OCCCCCCCCCCCC. The van der Waals surface area contributed by atoms with Crippen LogP contribution in [0.25, 0.3) is 0 Å². The Morgan fingerprint density at radius 1 is 0.794 bits per heavy atom. The van der Waals surface area contributed by atoms with Crippen molar-refractivity contribution in [1.82, 2.24) is 0 Å². The molecule has 0 aliphatic carbocycles. The minimum Gasteiger partial charge on any atom is -0.493 e. The number of hydrogen-bond donors (Lipinski definition) is 1. The Balaban J connectivity index is 2.76. The third-order valence-corrected chi connectivity index (χ3v) is 5.31. The third kappa shape index (κ3) is 11.7. The van der Waals surface area contributed by atoms with Gasteiger partial charge in [-0.25, -0.2) is 14.4 Å². The van der Waals surface area contributed by atoms with Crippen LogP contribution in [0.4, 0.5) is 0 Å². The molecule has 0 spiro atoms. The molecule has 7 nitrogen and oxygen atoms in total. The van der Waals surface area contributed by atoms with E-state index in [1.807, 2.05) is 0 Å². The van der Waals surface area contributed by atoms with Gasteiger partial charge in [0.05, 0.1) is 12.2 Å². The molecular weight excluding hydrogens is 436 g/mol. The first kappa shape index (κ1) is 28.9. The van der Waals surface area contributed by atoms with E-state index < -0.39 is 17.9 Å². The second kappa shape index (κ2) is 17.4. The summed E-state index contributed by atoms with van der Waals surface area (Å²) >= 11 is 0. The number of carbonyl (C=O) groups excluding carboxylic acids is 2. The fraction of sp³-hybridized carbons (Fsp3) is 0.519. The minimum atomic E-state index is -1.16. The maximum absolute atomic E-state index is 11.6. The molecular formula is C27H38O7. The van der Waals surface area contributed by atoms with Crippen molar-refractivity contribution < 1.29 is 33.7 Å². The van der Waals surface area contributed by atoms with E-state index in [0.29, 0.717) is 23.5 Å². The fourth-order valence-corrected chi connectivity index (χ4v) is 3.46. The van der Waals surface area contributed by atoms with Crippen molar-refractivity contribution >= 4 is 17.9 Å². The topological polar surface area (TPSA) is 99.1 Å². The van der Waals surface area contributed by atoms with Crippen LogP contribution < -0.4 is 4.74 Å². The molecule has 0 aliphatic heterocycles. The summed E-state index contributed by atoms with van der Waals surface area (Å²) < 4.78 is 16.2. The van der Waals surface area contributed by atoms with E-state index in [2.05, 4.69) is 20.1 Å². The number of carboxylic acids is 1. The number of unbranched alkanes of at least 4 members (excludes halogenated alkanes) is 9. The molecule has 1 aromatic carbocycles. The lowest BCUT2D eigenvalue weighted by atomic mass is 10.0. The predicted octanol–water partition coefficient (Wildman–Crippen LogP) is 6.14. The number of carbonyl (C=O) groups is 3. The molecule has 34 heavy (non-hydrogen) atoms. The molecule has 188 valence electrons. The highest BCUT2D eigenvalue weighted by atomic mass is 16.5. The molecule has 0 radical (unpaired) electrons. The number of rotatable bonds is 19. The van der Waals surface area contributed by atoms with E-state index in [1.165, 1.54) is 57.1 Å². The van der Waals surface area contributed by atoms with Gasteiger partial charge in [0.1, 0.15) is 19.0 Å². The molecule has 1 aromatic rings. The second-order valence-corrected chi connectivity index (χ2v) is 8.08.